The fraction of sp³-hybridized carbons (Fsp3) is 0.619. The minimum atomic E-state index is 0.0861. The van der Waals surface area contributed by atoms with Crippen molar-refractivity contribution in [1.29, 1.82) is 0 Å². The Bertz CT molecular complexity index is 584. The molecule has 0 saturated heterocycles. The lowest BCUT2D eigenvalue weighted by Gasteiger charge is -2.28. The minimum absolute atomic E-state index is 0.0861. The van der Waals surface area contributed by atoms with Crippen molar-refractivity contribution in [2.75, 3.05) is 19.6 Å². The van der Waals surface area contributed by atoms with Crippen LogP contribution in [-0.4, -0.2) is 31.4 Å². The first-order valence-electron chi connectivity index (χ1n) is 10.1. The third-order valence-electron chi connectivity index (χ3n) is 5.35. The summed E-state index contributed by atoms with van der Waals surface area (Å²) in [6.07, 6.45) is 6.29. The lowest BCUT2D eigenvalue weighted by Crippen LogP contribution is -2.37. The quantitative estimate of drug-likeness (QED) is 0.271. The highest BCUT2D eigenvalue weighted by Gasteiger charge is 2.26. The molecule has 1 aromatic rings. The average molecular weight is 485 g/mol. The Morgan fingerprint density at radius 2 is 1.67 bits per heavy atom. The van der Waals surface area contributed by atoms with E-state index in [1.165, 1.54) is 5.56 Å². The molecule has 0 heterocycles. The summed E-state index contributed by atoms with van der Waals surface area (Å²) in [5.74, 6) is 0.912. The molecule has 0 aliphatic heterocycles. The van der Waals surface area contributed by atoms with E-state index < -0.39 is 0 Å². The van der Waals surface area contributed by atoms with Crippen molar-refractivity contribution in [3.8, 4) is 0 Å². The summed E-state index contributed by atoms with van der Waals surface area (Å²) in [4.78, 5) is 24.4. The van der Waals surface area contributed by atoms with Crippen molar-refractivity contribution in [1.82, 2.24) is 14.2 Å². The predicted molar refractivity (Wildman–Crippen MR) is 118 cm³/mol. The molecule has 0 aromatic heterocycles. The number of nitrogens with one attached hydrogen (secondary N) is 3. The normalized spacial score (nSPS) is 19.5. The van der Waals surface area contributed by atoms with Crippen molar-refractivity contribution < 1.29 is 9.59 Å². The van der Waals surface area contributed by atoms with Gasteiger partial charge in [-0.25, -0.2) is 0 Å². The molecule has 0 radical (unpaired) electrons. The van der Waals surface area contributed by atoms with Crippen LogP contribution in [0.25, 0.3) is 0 Å². The van der Waals surface area contributed by atoms with Gasteiger partial charge in [0, 0.05) is 48.4 Å². The number of rotatable bonds is 10. The van der Waals surface area contributed by atoms with E-state index in [0.29, 0.717) is 12.3 Å². The predicted octanol–water partition coefficient (Wildman–Crippen LogP) is 3.16. The van der Waals surface area contributed by atoms with Gasteiger partial charge in [-0.05, 0) is 55.6 Å². The molecule has 1 aliphatic rings. The summed E-state index contributed by atoms with van der Waals surface area (Å²) in [5.41, 5.74) is 2.35. The van der Waals surface area contributed by atoms with Gasteiger partial charge < -0.3 is 10.6 Å². The van der Waals surface area contributed by atoms with Crippen molar-refractivity contribution in [3.05, 3.63) is 35.4 Å². The molecule has 0 spiro atoms. The van der Waals surface area contributed by atoms with Crippen molar-refractivity contribution in [2.45, 2.75) is 51.9 Å². The molecule has 1 saturated carbocycles. The monoisotopic (exact) mass is 485 g/mol. The number of amides is 2. The highest BCUT2D eigenvalue weighted by Crippen LogP contribution is 2.28. The van der Waals surface area contributed by atoms with Crippen LogP contribution in [-0.2, 0) is 22.4 Å². The summed E-state index contributed by atoms with van der Waals surface area (Å²) in [7, 11) is 0. The second-order valence-corrected chi connectivity index (χ2v) is 8.16. The molecular weight excluding hydrogens is 453 g/mol. The molecule has 6 heteroatoms. The molecule has 3 N–H and O–H groups in total. The first-order chi connectivity index (χ1) is 13.1. The molecule has 1 aromatic carbocycles. The largest absolute Gasteiger partial charge is 0.356 e. The zero-order chi connectivity index (χ0) is 19.5. The number of carbonyl (C=O) groups excluding carboxylic acids is 2. The van der Waals surface area contributed by atoms with Crippen molar-refractivity contribution in [2.24, 2.45) is 11.8 Å². The molecule has 150 valence electrons. The molecule has 0 bridgehead atoms. The van der Waals surface area contributed by atoms with Crippen LogP contribution in [0.5, 0.6) is 0 Å². The van der Waals surface area contributed by atoms with E-state index in [-0.39, 0.29) is 17.7 Å². The molecule has 27 heavy (non-hydrogen) atoms. The van der Waals surface area contributed by atoms with Gasteiger partial charge in [0.15, 0.2) is 0 Å². The third-order valence-corrected chi connectivity index (χ3v) is 5.89. The van der Waals surface area contributed by atoms with Crippen molar-refractivity contribution in [3.63, 3.8) is 0 Å². The first kappa shape index (κ1) is 22.1. The van der Waals surface area contributed by atoms with Gasteiger partial charge >= 0.3 is 0 Å². The summed E-state index contributed by atoms with van der Waals surface area (Å²) >= 11 is 2.12. The van der Waals surface area contributed by atoms with Crippen LogP contribution in [0.3, 0.4) is 0 Å². The van der Waals surface area contributed by atoms with Gasteiger partial charge in [0.1, 0.15) is 0 Å². The Hall–Kier alpha value is -1.15. The maximum Gasteiger partial charge on any atom is 0.224 e. The molecule has 2 amide bonds. The number of hydrogen-bond acceptors (Lipinski definition) is 3. The van der Waals surface area contributed by atoms with Gasteiger partial charge in [0.2, 0.25) is 11.8 Å². The molecule has 2 rings (SSSR count). The van der Waals surface area contributed by atoms with E-state index in [9.17, 15) is 9.59 Å². The fourth-order valence-corrected chi connectivity index (χ4v) is 3.92. The summed E-state index contributed by atoms with van der Waals surface area (Å²) in [6, 6.07) is 8.26. The second kappa shape index (κ2) is 12.3. The summed E-state index contributed by atoms with van der Waals surface area (Å²) in [5, 5.41) is 6.11. The fourth-order valence-electron chi connectivity index (χ4n) is 3.54. The van der Waals surface area contributed by atoms with Gasteiger partial charge in [0.05, 0.1) is 6.42 Å². The van der Waals surface area contributed by atoms with E-state index in [4.69, 9.17) is 0 Å². The molecule has 1 aliphatic carbocycles. The lowest BCUT2D eigenvalue weighted by atomic mass is 9.81. The number of aryl methyl sites for hydroxylation is 1. The highest BCUT2D eigenvalue weighted by atomic mass is 127. The maximum absolute atomic E-state index is 12.2. The van der Waals surface area contributed by atoms with Crippen LogP contribution < -0.4 is 14.2 Å². The lowest BCUT2D eigenvalue weighted by molar-refractivity contribution is -0.126. The van der Waals surface area contributed by atoms with Crippen LogP contribution >= 0.6 is 22.9 Å². The third kappa shape index (κ3) is 8.17. The minimum Gasteiger partial charge on any atom is -0.356 e. The van der Waals surface area contributed by atoms with Crippen LogP contribution in [0.4, 0.5) is 0 Å². The Balaban J connectivity index is 1.62. The number of halogens is 1. The Labute approximate surface area is 176 Å². The Kier molecular flexibility index (Phi) is 10.1. The van der Waals surface area contributed by atoms with Gasteiger partial charge in [-0.1, -0.05) is 31.2 Å². The zero-order valence-corrected chi connectivity index (χ0v) is 18.4. The standard InChI is InChI=1S/C21H32IN3O2/c1-2-16-4-6-17(7-5-16)14-20(26)24-15-18-8-10-19(11-9-18)21(27)23-12-3-13-25-22/h4-7,18-19,25H,2-3,8-15H2,1H3,(H,23,27)(H,24,26). The second-order valence-electron chi connectivity index (χ2n) is 7.40. The van der Waals surface area contributed by atoms with E-state index in [1.807, 2.05) is 12.1 Å². The maximum atomic E-state index is 12.2. The van der Waals surface area contributed by atoms with Crippen LogP contribution in [0.2, 0.25) is 0 Å². The van der Waals surface area contributed by atoms with Gasteiger partial charge in [-0.15, -0.1) is 0 Å². The van der Waals surface area contributed by atoms with E-state index in [1.54, 1.807) is 0 Å². The highest BCUT2D eigenvalue weighted by molar-refractivity contribution is 14.1. The SMILES string of the molecule is CCc1ccc(CC(=O)NCC2CCC(C(=O)NCCCNI)CC2)cc1. The number of benzene rings is 1. The molecule has 1 fully saturated rings. The zero-order valence-electron chi connectivity index (χ0n) is 16.2. The first-order valence-corrected chi connectivity index (χ1v) is 11.2. The Morgan fingerprint density at radius 1 is 1.00 bits per heavy atom. The Morgan fingerprint density at radius 3 is 2.30 bits per heavy atom. The average Bonchev–Trinajstić information content (AvgIpc) is 2.70. The molecule has 5 nitrogen and oxygen atoms in total. The number of carbonyl (C=O) groups is 2. The smallest absolute Gasteiger partial charge is 0.224 e. The molecule has 0 unspecified atom stereocenters. The van der Waals surface area contributed by atoms with Crippen LogP contribution in [0, 0.1) is 11.8 Å². The topological polar surface area (TPSA) is 70.2 Å². The van der Waals surface area contributed by atoms with Gasteiger partial charge in [-0.3, -0.25) is 13.1 Å². The summed E-state index contributed by atoms with van der Waals surface area (Å²) < 4.78 is 3.05. The van der Waals surface area contributed by atoms with Crippen molar-refractivity contribution >= 4 is 34.7 Å². The molecule has 0 atom stereocenters. The van der Waals surface area contributed by atoms with Crippen LogP contribution in [0.1, 0.15) is 50.2 Å². The summed E-state index contributed by atoms with van der Waals surface area (Å²) in [6.45, 7) is 4.51. The van der Waals surface area contributed by atoms with E-state index in [2.05, 4.69) is 56.1 Å². The molecular formula is C21H32IN3O2. The number of hydrogen-bond donors (Lipinski definition) is 3. The van der Waals surface area contributed by atoms with Gasteiger partial charge in [-0.2, -0.15) is 0 Å². The van der Waals surface area contributed by atoms with E-state index >= 15 is 0 Å². The van der Waals surface area contributed by atoms with Crippen LogP contribution in [0.15, 0.2) is 24.3 Å². The van der Waals surface area contributed by atoms with E-state index in [0.717, 1.165) is 63.7 Å². The van der Waals surface area contributed by atoms with Gasteiger partial charge in [0.25, 0.3) is 0 Å².